The Labute approximate surface area is 102 Å². The van der Waals surface area contributed by atoms with Gasteiger partial charge >= 0.3 is 0 Å². The number of nitrogens with two attached hydrogens (primary N) is 1. The number of benzene rings is 1. The van der Waals surface area contributed by atoms with Crippen molar-refractivity contribution >= 4 is 17.4 Å². The molecule has 0 radical (unpaired) electrons. The van der Waals surface area contributed by atoms with E-state index in [2.05, 4.69) is 38.2 Å². The Kier molecular flexibility index (Phi) is 3.45. The number of hydrogen-bond donors (Lipinski definition) is 2. The summed E-state index contributed by atoms with van der Waals surface area (Å²) in [6, 6.07) is 5.00. The molecule has 1 aliphatic heterocycles. The lowest BCUT2D eigenvalue weighted by Gasteiger charge is -2.33. The first-order valence-corrected chi connectivity index (χ1v) is 6.74. The van der Waals surface area contributed by atoms with Gasteiger partial charge in [0.1, 0.15) is 0 Å². The molecule has 2 atom stereocenters. The molecule has 0 amide bonds. The van der Waals surface area contributed by atoms with Gasteiger partial charge < -0.3 is 11.1 Å². The Balaban J connectivity index is 2.31. The molecule has 2 rings (SSSR count). The Hall–Kier alpha value is -0.670. The first kappa shape index (κ1) is 11.8. The van der Waals surface area contributed by atoms with E-state index in [1.165, 1.54) is 21.7 Å². The van der Waals surface area contributed by atoms with Crippen molar-refractivity contribution in [3.63, 3.8) is 0 Å². The second-order valence-corrected chi connectivity index (χ2v) is 5.87. The van der Waals surface area contributed by atoms with E-state index in [1.807, 2.05) is 11.8 Å². The van der Waals surface area contributed by atoms with Gasteiger partial charge in [-0.25, -0.2) is 0 Å². The predicted molar refractivity (Wildman–Crippen MR) is 72.3 cm³/mol. The third-order valence-corrected chi connectivity index (χ3v) is 4.80. The highest BCUT2D eigenvalue weighted by Crippen LogP contribution is 2.41. The summed E-state index contributed by atoms with van der Waals surface area (Å²) < 4.78 is 0. The maximum absolute atomic E-state index is 5.66. The summed E-state index contributed by atoms with van der Waals surface area (Å²) in [5, 5.41) is 4.20. The number of anilines is 1. The van der Waals surface area contributed by atoms with Crippen molar-refractivity contribution in [3.8, 4) is 0 Å². The molecule has 88 valence electrons. The maximum Gasteiger partial charge on any atom is 0.0486 e. The molecule has 2 nitrogen and oxygen atoms in total. The van der Waals surface area contributed by atoms with Crippen LogP contribution in [0, 0.1) is 13.8 Å². The van der Waals surface area contributed by atoms with Gasteiger partial charge in [-0.2, -0.15) is 0 Å². The summed E-state index contributed by atoms with van der Waals surface area (Å²) in [6.07, 6.45) is 1.07. The van der Waals surface area contributed by atoms with Crippen molar-refractivity contribution in [2.75, 3.05) is 11.9 Å². The van der Waals surface area contributed by atoms with Crippen LogP contribution in [-0.4, -0.2) is 17.8 Å². The van der Waals surface area contributed by atoms with Crippen LogP contribution in [0.1, 0.15) is 24.5 Å². The van der Waals surface area contributed by atoms with Crippen molar-refractivity contribution in [1.82, 2.24) is 0 Å². The summed E-state index contributed by atoms with van der Waals surface area (Å²) in [4.78, 5) is 1.40. The van der Waals surface area contributed by atoms with Crippen molar-refractivity contribution in [1.29, 1.82) is 0 Å². The van der Waals surface area contributed by atoms with E-state index >= 15 is 0 Å². The molecule has 0 saturated heterocycles. The molecule has 1 heterocycles. The zero-order valence-corrected chi connectivity index (χ0v) is 11.0. The fourth-order valence-corrected chi connectivity index (χ4v) is 3.60. The summed E-state index contributed by atoms with van der Waals surface area (Å²) in [5.74, 6) is 0. The van der Waals surface area contributed by atoms with Gasteiger partial charge in [-0.15, -0.1) is 11.8 Å². The van der Waals surface area contributed by atoms with Crippen LogP contribution in [0.2, 0.25) is 0 Å². The van der Waals surface area contributed by atoms with Crippen LogP contribution in [0.5, 0.6) is 0 Å². The molecule has 1 aromatic rings. The molecule has 0 saturated carbocycles. The number of thioether (sulfide) groups is 1. The van der Waals surface area contributed by atoms with E-state index in [1.54, 1.807) is 0 Å². The van der Waals surface area contributed by atoms with Crippen LogP contribution < -0.4 is 11.1 Å². The molecule has 0 spiro atoms. The highest BCUT2D eigenvalue weighted by atomic mass is 32.2. The number of fused-ring (bicyclic) bond motifs is 1. The van der Waals surface area contributed by atoms with Gasteiger partial charge in [0.25, 0.3) is 0 Å². The molecular weight excluding hydrogens is 216 g/mol. The van der Waals surface area contributed by atoms with Gasteiger partial charge in [-0.1, -0.05) is 6.07 Å². The summed E-state index contributed by atoms with van der Waals surface area (Å²) in [5.41, 5.74) is 9.66. The Morgan fingerprint density at radius 1 is 1.38 bits per heavy atom. The molecule has 0 aliphatic carbocycles. The Morgan fingerprint density at radius 3 is 2.81 bits per heavy atom. The number of aryl methyl sites for hydroxylation is 2. The van der Waals surface area contributed by atoms with Crippen molar-refractivity contribution < 1.29 is 0 Å². The van der Waals surface area contributed by atoms with Gasteiger partial charge in [-0.3, -0.25) is 0 Å². The summed E-state index contributed by atoms with van der Waals surface area (Å²) >= 11 is 1.98. The third kappa shape index (κ3) is 2.20. The lowest BCUT2D eigenvalue weighted by atomic mass is 10.1. The largest absolute Gasteiger partial charge is 0.381 e. The molecule has 1 aliphatic rings. The zero-order chi connectivity index (χ0) is 11.7. The molecule has 0 bridgehead atoms. The molecule has 2 unspecified atom stereocenters. The van der Waals surface area contributed by atoms with Gasteiger partial charge in [0.2, 0.25) is 0 Å². The minimum atomic E-state index is 0.502. The second-order valence-electron chi connectivity index (χ2n) is 4.63. The fraction of sp³-hybridized carbons (Fsp3) is 0.538. The van der Waals surface area contributed by atoms with Crippen LogP contribution in [0.25, 0.3) is 0 Å². The van der Waals surface area contributed by atoms with Gasteiger partial charge in [0.05, 0.1) is 0 Å². The third-order valence-electron chi connectivity index (χ3n) is 3.08. The van der Waals surface area contributed by atoms with Crippen molar-refractivity contribution in [2.24, 2.45) is 5.73 Å². The second kappa shape index (κ2) is 4.68. The molecule has 16 heavy (non-hydrogen) atoms. The number of nitrogens with one attached hydrogen (secondary N) is 1. The molecule has 0 fully saturated rings. The summed E-state index contributed by atoms with van der Waals surface area (Å²) in [6.45, 7) is 7.35. The SMILES string of the molecule is Cc1cc(C)c2c(c1)NC(C)C(CCN)S2. The van der Waals surface area contributed by atoms with Gasteiger partial charge in [0.15, 0.2) is 0 Å². The van der Waals surface area contributed by atoms with Crippen LogP contribution in [-0.2, 0) is 0 Å². The predicted octanol–water partition coefficient (Wildman–Crippen LogP) is 2.93. The number of hydrogen-bond acceptors (Lipinski definition) is 3. The van der Waals surface area contributed by atoms with Crippen molar-refractivity contribution in [3.05, 3.63) is 23.3 Å². The zero-order valence-electron chi connectivity index (χ0n) is 10.2. The van der Waals surface area contributed by atoms with Crippen LogP contribution in [0.4, 0.5) is 5.69 Å². The van der Waals surface area contributed by atoms with Crippen LogP contribution in [0.3, 0.4) is 0 Å². The van der Waals surface area contributed by atoms with E-state index < -0.39 is 0 Å². The average molecular weight is 236 g/mol. The average Bonchev–Trinajstić information content (AvgIpc) is 2.20. The van der Waals surface area contributed by atoms with Crippen LogP contribution in [0.15, 0.2) is 17.0 Å². The lowest BCUT2D eigenvalue weighted by molar-refractivity contribution is 0.671. The van der Waals surface area contributed by atoms with Crippen molar-refractivity contribution in [2.45, 2.75) is 43.4 Å². The van der Waals surface area contributed by atoms with E-state index in [9.17, 15) is 0 Å². The number of rotatable bonds is 2. The Bertz CT molecular complexity index is 390. The van der Waals surface area contributed by atoms with E-state index in [4.69, 9.17) is 5.73 Å². The first-order valence-electron chi connectivity index (χ1n) is 5.86. The Morgan fingerprint density at radius 2 is 2.12 bits per heavy atom. The monoisotopic (exact) mass is 236 g/mol. The standard InChI is InChI=1S/C13H20N2S/c1-8-6-9(2)13-11(7-8)15-10(3)12(16-13)4-5-14/h6-7,10,12,15H,4-5,14H2,1-3H3. The molecular formula is C13H20N2S. The molecule has 3 heteroatoms. The van der Waals surface area contributed by atoms with Gasteiger partial charge in [0, 0.05) is 21.9 Å². The topological polar surface area (TPSA) is 38.0 Å². The quantitative estimate of drug-likeness (QED) is 0.829. The van der Waals surface area contributed by atoms with E-state index in [-0.39, 0.29) is 0 Å². The minimum Gasteiger partial charge on any atom is -0.381 e. The molecule has 3 N–H and O–H groups in total. The fourth-order valence-electron chi connectivity index (χ4n) is 2.28. The van der Waals surface area contributed by atoms with E-state index in [0.717, 1.165) is 13.0 Å². The van der Waals surface area contributed by atoms with E-state index in [0.29, 0.717) is 11.3 Å². The lowest BCUT2D eigenvalue weighted by Crippen LogP contribution is -2.33. The summed E-state index contributed by atoms with van der Waals surface area (Å²) in [7, 11) is 0. The maximum atomic E-state index is 5.66. The molecule has 1 aromatic carbocycles. The normalized spacial score (nSPS) is 23.8. The van der Waals surface area contributed by atoms with Crippen LogP contribution >= 0.6 is 11.8 Å². The smallest absolute Gasteiger partial charge is 0.0486 e. The highest BCUT2D eigenvalue weighted by Gasteiger charge is 2.25. The minimum absolute atomic E-state index is 0.502. The molecule has 0 aromatic heterocycles. The first-order chi connectivity index (χ1) is 7.61. The van der Waals surface area contributed by atoms with Gasteiger partial charge in [-0.05, 0) is 50.9 Å². The highest BCUT2D eigenvalue weighted by molar-refractivity contribution is 8.00.